The van der Waals surface area contributed by atoms with Gasteiger partial charge in [-0.15, -0.1) is 11.8 Å². The molecule has 2 atom stereocenters. The zero-order chi connectivity index (χ0) is 20.3. The minimum Gasteiger partial charge on any atom is -0.383 e. The second-order valence-corrected chi connectivity index (χ2v) is 7.65. The molecular formula is C21H22N4O2S. The first kappa shape index (κ1) is 19.7. The summed E-state index contributed by atoms with van der Waals surface area (Å²) in [7, 11) is 0. The van der Waals surface area contributed by atoms with Crippen molar-refractivity contribution in [3.05, 3.63) is 82.7 Å². The highest BCUT2D eigenvalue weighted by molar-refractivity contribution is 8.13. The van der Waals surface area contributed by atoms with Crippen LogP contribution in [0.5, 0.6) is 0 Å². The summed E-state index contributed by atoms with van der Waals surface area (Å²) in [5.41, 5.74) is 20.4. The maximum absolute atomic E-state index is 12.4. The summed E-state index contributed by atoms with van der Waals surface area (Å²) in [6.45, 7) is 1.96. The fourth-order valence-electron chi connectivity index (χ4n) is 3.27. The number of amides is 2. The predicted octanol–water partition coefficient (Wildman–Crippen LogP) is 2.18. The number of hydrogen-bond acceptors (Lipinski definition) is 5. The van der Waals surface area contributed by atoms with Crippen LogP contribution in [0.4, 0.5) is 0 Å². The first-order valence-electron chi connectivity index (χ1n) is 8.79. The molecule has 0 radical (unpaired) electrons. The van der Waals surface area contributed by atoms with Gasteiger partial charge in [0.05, 0.1) is 16.5 Å². The number of carbonyl (C=O) groups excluding carboxylic acids is 2. The van der Waals surface area contributed by atoms with E-state index in [1.54, 1.807) is 0 Å². The molecule has 3 rings (SSSR count). The topological polar surface area (TPSA) is 125 Å². The number of primary amides is 2. The van der Waals surface area contributed by atoms with E-state index in [1.807, 2.05) is 61.5 Å². The molecule has 2 amide bonds. The zero-order valence-electron chi connectivity index (χ0n) is 15.5. The molecule has 0 spiro atoms. The fraction of sp³-hybridized carbons (Fsp3) is 0.190. The second-order valence-electron chi connectivity index (χ2n) is 6.66. The van der Waals surface area contributed by atoms with E-state index in [0.717, 1.165) is 16.7 Å². The van der Waals surface area contributed by atoms with Gasteiger partial charge < -0.3 is 17.2 Å². The van der Waals surface area contributed by atoms with E-state index >= 15 is 0 Å². The minimum atomic E-state index is -0.814. The summed E-state index contributed by atoms with van der Waals surface area (Å²) in [6.07, 6.45) is 0. The van der Waals surface area contributed by atoms with Gasteiger partial charge in [0.25, 0.3) is 0 Å². The lowest BCUT2D eigenvalue weighted by Crippen LogP contribution is -2.41. The molecule has 0 fully saturated rings. The predicted molar refractivity (Wildman–Crippen MR) is 112 cm³/mol. The van der Waals surface area contributed by atoms with Crippen molar-refractivity contribution in [2.75, 3.05) is 0 Å². The van der Waals surface area contributed by atoms with E-state index in [-0.39, 0.29) is 11.4 Å². The average Bonchev–Trinajstić information content (AvgIpc) is 2.66. The van der Waals surface area contributed by atoms with Gasteiger partial charge in [0.15, 0.2) is 0 Å². The molecule has 0 aromatic heterocycles. The highest BCUT2D eigenvalue weighted by Crippen LogP contribution is 2.40. The van der Waals surface area contributed by atoms with Gasteiger partial charge in [-0.2, -0.15) is 0 Å². The number of aliphatic imine (C=N–C) groups is 1. The number of rotatable bonds is 5. The first-order valence-corrected chi connectivity index (χ1v) is 9.77. The van der Waals surface area contributed by atoms with Gasteiger partial charge in [0, 0.05) is 11.7 Å². The molecule has 2 unspecified atom stereocenters. The Morgan fingerprint density at radius 2 is 1.68 bits per heavy atom. The number of carbonyl (C=O) groups is 2. The van der Waals surface area contributed by atoms with Gasteiger partial charge in [-0.1, -0.05) is 60.2 Å². The summed E-state index contributed by atoms with van der Waals surface area (Å²) in [5, 5.41) is 0.490. The SMILES string of the molecule is Cc1ccc(C2C(C(N)=O)=C(N)N=C(SCc3ccccc3)C2C(N)=O)cc1. The fourth-order valence-corrected chi connectivity index (χ4v) is 4.37. The van der Waals surface area contributed by atoms with Crippen molar-refractivity contribution in [1.29, 1.82) is 0 Å². The summed E-state index contributed by atoms with van der Waals surface area (Å²) in [6, 6.07) is 17.3. The maximum Gasteiger partial charge on any atom is 0.249 e. The third-order valence-electron chi connectivity index (χ3n) is 4.65. The standard InChI is InChI=1S/C21H22N4O2S/c1-12-7-9-14(10-8-12)15-16(19(23)26)18(22)25-21(17(15)20(24)27)28-11-13-5-3-2-4-6-13/h2-10,15,17H,11,22H2,1H3,(H2,23,26)(H2,24,27). The lowest BCUT2D eigenvalue weighted by atomic mass is 9.78. The number of thioether (sulfide) groups is 1. The Morgan fingerprint density at radius 3 is 2.25 bits per heavy atom. The normalized spacial score (nSPS) is 19.2. The van der Waals surface area contributed by atoms with Crippen molar-refractivity contribution < 1.29 is 9.59 Å². The molecular weight excluding hydrogens is 372 g/mol. The number of hydrogen-bond donors (Lipinski definition) is 3. The summed E-state index contributed by atoms with van der Waals surface area (Å²) < 4.78 is 0. The molecule has 1 heterocycles. The molecule has 7 heteroatoms. The van der Waals surface area contributed by atoms with Crippen LogP contribution < -0.4 is 17.2 Å². The summed E-state index contributed by atoms with van der Waals surface area (Å²) >= 11 is 1.39. The highest BCUT2D eigenvalue weighted by atomic mass is 32.2. The van der Waals surface area contributed by atoms with Gasteiger partial charge in [0.2, 0.25) is 11.8 Å². The lowest BCUT2D eigenvalue weighted by molar-refractivity contribution is -0.120. The lowest BCUT2D eigenvalue weighted by Gasteiger charge is -2.31. The van der Waals surface area contributed by atoms with E-state index < -0.39 is 23.7 Å². The monoisotopic (exact) mass is 394 g/mol. The zero-order valence-corrected chi connectivity index (χ0v) is 16.3. The maximum atomic E-state index is 12.4. The van der Waals surface area contributed by atoms with Crippen LogP contribution in [0, 0.1) is 12.8 Å². The smallest absolute Gasteiger partial charge is 0.249 e. The Balaban J connectivity index is 2.03. The Kier molecular flexibility index (Phi) is 5.84. The molecule has 6 nitrogen and oxygen atoms in total. The van der Waals surface area contributed by atoms with Gasteiger partial charge in [-0.25, -0.2) is 4.99 Å². The Morgan fingerprint density at radius 1 is 1.04 bits per heavy atom. The summed E-state index contributed by atoms with van der Waals surface area (Å²) in [4.78, 5) is 28.9. The Labute approximate surface area is 167 Å². The number of nitrogens with two attached hydrogens (primary N) is 3. The van der Waals surface area contributed by atoms with Crippen LogP contribution >= 0.6 is 11.8 Å². The van der Waals surface area contributed by atoms with E-state index in [0.29, 0.717) is 10.8 Å². The van der Waals surface area contributed by atoms with E-state index in [4.69, 9.17) is 17.2 Å². The van der Waals surface area contributed by atoms with Crippen molar-refractivity contribution in [3.63, 3.8) is 0 Å². The third kappa shape index (κ3) is 4.09. The number of benzene rings is 2. The van der Waals surface area contributed by atoms with Crippen molar-refractivity contribution >= 4 is 28.6 Å². The van der Waals surface area contributed by atoms with Gasteiger partial charge in [0.1, 0.15) is 5.82 Å². The second kappa shape index (κ2) is 8.31. The van der Waals surface area contributed by atoms with Crippen LogP contribution in [-0.2, 0) is 15.3 Å². The van der Waals surface area contributed by atoms with Crippen LogP contribution in [0.25, 0.3) is 0 Å². The van der Waals surface area contributed by atoms with E-state index in [2.05, 4.69) is 4.99 Å². The van der Waals surface area contributed by atoms with Crippen LogP contribution in [0.1, 0.15) is 22.6 Å². The number of aryl methyl sites for hydroxylation is 1. The molecule has 1 aliphatic heterocycles. The Hall–Kier alpha value is -3.06. The van der Waals surface area contributed by atoms with Gasteiger partial charge in [-0.3, -0.25) is 9.59 Å². The highest BCUT2D eigenvalue weighted by Gasteiger charge is 2.41. The largest absolute Gasteiger partial charge is 0.383 e. The molecule has 2 aromatic rings. The van der Waals surface area contributed by atoms with Crippen molar-refractivity contribution in [2.24, 2.45) is 28.1 Å². The molecule has 1 aliphatic rings. The third-order valence-corrected chi connectivity index (χ3v) is 5.77. The van der Waals surface area contributed by atoms with Gasteiger partial charge >= 0.3 is 0 Å². The van der Waals surface area contributed by atoms with Crippen LogP contribution in [0.2, 0.25) is 0 Å². The van der Waals surface area contributed by atoms with Crippen LogP contribution in [-0.4, -0.2) is 16.9 Å². The molecule has 0 saturated heterocycles. The van der Waals surface area contributed by atoms with Crippen molar-refractivity contribution in [1.82, 2.24) is 0 Å². The van der Waals surface area contributed by atoms with Crippen LogP contribution in [0.15, 0.2) is 71.0 Å². The quantitative estimate of drug-likeness (QED) is 0.719. The van der Waals surface area contributed by atoms with Crippen molar-refractivity contribution in [2.45, 2.75) is 18.6 Å². The molecule has 6 N–H and O–H groups in total. The molecule has 144 valence electrons. The average molecular weight is 395 g/mol. The summed E-state index contributed by atoms with van der Waals surface area (Å²) in [5.74, 6) is -2.12. The Bertz CT molecular complexity index is 952. The van der Waals surface area contributed by atoms with E-state index in [1.165, 1.54) is 11.8 Å². The number of nitrogens with zero attached hydrogens (tertiary/aromatic N) is 1. The molecule has 0 aliphatic carbocycles. The first-order chi connectivity index (χ1) is 13.4. The molecule has 0 bridgehead atoms. The minimum absolute atomic E-state index is 0.0335. The molecule has 2 aromatic carbocycles. The van der Waals surface area contributed by atoms with Gasteiger partial charge in [-0.05, 0) is 18.1 Å². The van der Waals surface area contributed by atoms with Crippen molar-refractivity contribution in [3.8, 4) is 0 Å². The van der Waals surface area contributed by atoms with E-state index in [9.17, 15) is 9.59 Å². The molecule has 0 saturated carbocycles. The molecule has 28 heavy (non-hydrogen) atoms. The van der Waals surface area contributed by atoms with Crippen LogP contribution in [0.3, 0.4) is 0 Å².